The number of alkyl halides is 1. The van der Waals surface area contributed by atoms with Crippen molar-refractivity contribution in [3.8, 4) is 34.5 Å². The SMILES string of the molecule is COCOc1cc(OC)cc(/C=C/C[C@@H]2OC(C)(C)OC2C(/C=C\CCOCc2ccc(OC)cc2)OC(=O)c2ccccc2)c1C(=O)OCC[Si](C)(C)C.COCOc1cc(OC)cc([Se]c2ccccc2)c1C(=O)OCC[Si](C)(C)C.COc1ccc(COCC/C=C\C(OC(=O)c2ccccc2)C2OC(C)(C)O[C@H]2CCI)cc1. The van der Waals surface area contributed by atoms with Crippen molar-refractivity contribution in [2.24, 2.45) is 0 Å². The molecule has 22 nitrogen and oxygen atoms in total. The first-order valence-electron chi connectivity index (χ1n) is 39.0. The second-order valence-electron chi connectivity index (χ2n) is 30.6. The minimum atomic E-state index is -1.45. The maximum Gasteiger partial charge on any atom is 0.338 e. The summed E-state index contributed by atoms with van der Waals surface area (Å²) in [6.07, 6.45) is 10.7. The molecule has 4 unspecified atom stereocenters. The average Bonchev–Trinajstić information content (AvgIpc) is 1.34. The Labute approximate surface area is 713 Å². The number of halogens is 1. The molecule has 0 spiro atoms. The smallest absolute Gasteiger partial charge is 0.338 e. The van der Waals surface area contributed by atoms with Crippen molar-refractivity contribution in [3.05, 3.63) is 233 Å². The topological polar surface area (TPSA) is 234 Å². The molecular weight excluding hydrogens is 1710 g/mol. The number of carbonyl (C=O) groups excluding carboxylic acids is 4. The van der Waals surface area contributed by atoms with Crippen LogP contribution in [0.4, 0.5) is 0 Å². The standard InChI is InChI=1S/C43H56O11Si.C27H33IO6.C21H28O5SeSi/c1-43(2)53-37(19-14-17-33-27-35(48-5)28-38(51-30-46-3)39(33)42(45)50-25-26-55(6,7)8)40(54-43)36(52-41(44)32-15-10-9-11-16-32)18-12-13-24-49-29-31-20-22-34(47-4)23-21-31;1-27(2)33-24(16-17-28)25(34-27)23(32-26(29)21-9-5-4-6-10-21)11-7-8-18-31-19-20-12-14-22(30-3)15-13-20;1-23-15-26-18-13-16(24-2)14-19(27-17-9-7-6-8-10-17)20(18)21(22)25-11-12-28(3,4)5/h9-12,14-18,20-23,27-28,36-37,40H,13,19,24-26,29-30H2,1-8H3;4-7,9-15,23-25H,8,16-19H2,1-3H3;6-10,13-14H,11-12,15H2,1-5H3/b17-14+,18-12-;11-7-;/t36?,37-,40?;23?,24-,25?;/m00./s1. The number of ether oxygens (including phenoxy) is 18. The molecule has 2 aliphatic heterocycles. The molecule has 2 fully saturated rings. The van der Waals surface area contributed by atoms with E-state index in [0.717, 1.165) is 54.5 Å². The minimum absolute atomic E-state index is 0.0418. The maximum absolute atomic E-state index is 13.5. The van der Waals surface area contributed by atoms with Crippen LogP contribution in [0, 0.1) is 0 Å². The van der Waals surface area contributed by atoms with Crippen LogP contribution in [0.5, 0.6) is 34.5 Å². The summed E-state index contributed by atoms with van der Waals surface area (Å²) < 4.78 is 106. The van der Waals surface area contributed by atoms with Crippen molar-refractivity contribution in [2.45, 2.75) is 166 Å². The third kappa shape index (κ3) is 33.9. The summed E-state index contributed by atoms with van der Waals surface area (Å²) in [5.74, 6) is 0.0353. The molecule has 7 aromatic rings. The van der Waals surface area contributed by atoms with Crippen LogP contribution in [-0.2, 0) is 70.1 Å². The van der Waals surface area contributed by atoms with Gasteiger partial charge < -0.3 is 66.3 Å². The summed E-state index contributed by atoms with van der Waals surface area (Å²) in [5, 5.41) is 0. The van der Waals surface area contributed by atoms with Crippen LogP contribution in [0.2, 0.25) is 51.4 Å². The van der Waals surface area contributed by atoms with Crippen molar-refractivity contribution in [1.29, 1.82) is 0 Å². The van der Waals surface area contributed by atoms with Crippen molar-refractivity contribution < 1.29 is 104 Å². The van der Waals surface area contributed by atoms with Gasteiger partial charge in [0.05, 0.1) is 77.7 Å². The molecule has 9 rings (SSSR count). The molecule has 0 aromatic heterocycles. The zero-order chi connectivity index (χ0) is 84.8. The fraction of sp³-hybridized carbons (Fsp3) is 0.429. The van der Waals surface area contributed by atoms with Gasteiger partial charge in [-0.3, -0.25) is 0 Å². The van der Waals surface area contributed by atoms with Crippen molar-refractivity contribution >= 4 is 92.6 Å². The first-order chi connectivity index (χ1) is 56.1. The van der Waals surface area contributed by atoms with Gasteiger partial charge in [-0.05, 0) is 143 Å². The first-order valence-corrected chi connectivity index (χ1v) is 49.7. The number of rotatable bonds is 43. The quantitative estimate of drug-likeness (QED) is 0.00505. The monoisotopic (exact) mass is 1820 g/mol. The van der Waals surface area contributed by atoms with Crippen LogP contribution in [0.15, 0.2) is 194 Å². The van der Waals surface area contributed by atoms with Crippen molar-refractivity contribution in [1.82, 2.24) is 0 Å². The molecule has 0 amide bonds. The predicted octanol–water partition coefficient (Wildman–Crippen LogP) is 17.1. The molecule has 0 saturated carbocycles. The zero-order valence-electron chi connectivity index (χ0n) is 70.4. The molecule has 0 bridgehead atoms. The molecular formula is C91H117IO22SeSi2. The Kier molecular flexibility index (Phi) is 40.5. The van der Waals surface area contributed by atoms with E-state index in [4.69, 9.17) is 85.3 Å². The Hall–Kier alpha value is -8.20. The van der Waals surface area contributed by atoms with E-state index in [9.17, 15) is 19.2 Å². The molecule has 2 aliphatic rings. The van der Waals surface area contributed by atoms with Crippen LogP contribution >= 0.6 is 22.6 Å². The van der Waals surface area contributed by atoms with Crippen LogP contribution in [0.1, 0.15) is 112 Å². The summed E-state index contributed by atoms with van der Waals surface area (Å²) in [5.41, 5.74) is 4.31. The molecule has 0 radical (unpaired) electrons. The summed E-state index contributed by atoms with van der Waals surface area (Å²) in [7, 11) is 6.73. The van der Waals surface area contributed by atoms with Gasteiger partial charge in [0.25, 0.3) is 0 Å². The fourth-order valence-corrected chi connectivity index (χ4v) is 16.0. The van der Waals surface area contributed by atoms with Gasteiger partial charge in [-0.2, -0.15) is 0 Å². The second kappa shape index (κ2) is 49.4. The van der Waals surface area contributed by atoms with Gasteiger partial charge in [-0.1, -0.05) is 127 Å². The van der Waals surface area contributed by atoms with Crippen LogP contribution < -0.4 is 37.3 Å². The molecule has 634 valence electrons. The second-order valence-corrected chi connectivity index (χ2v) is 45.3. The molecule has 2 saturated heterocycles. The average molecular weight is 1820 g/mol. The first kappa shape index (κ1) is 95.9. The van der Waals surface area contributed by atoms with Gasteiger partial charge in [0, 0.05) is 25.7 Å². The Morgan fingerprint density at radius 2 is 0.897 bits per heavy atom. The minimum Gasteiger partial charge on any atom is -0.497 e. The fourth-order valence-electron chi connectivity index (χ4n) is 11.9. The van der Waals surface area contributed by atoms with Crippen LogP contribution in [0.3, 0.4) is 0 Å². The largest absolute Gasteiger partial charge is 0.497 e. The Morgan fingerprint density at radius 3 is 1.33 bits per heavy atom. The summed E-state index contributed by atoms with van der Waals surface area (Å²) >= 11 is 2.22. The van der Waals surface area contributed by atoms with Crippen LogP contribution in [-0.4, -0.2) is 190 Å². The van der Waals surface area contributed by atoms with Gasteiger partial charge in [0.1, 0.15) is 53.0 Å². The third-order valence-electron chi connectivity index (χ3n) is 17.9. The van der Waals surface area contributed by atoms with Gasteiger partial charge >= 0.3 is 192 Å². The molecule has 0 N–H and O–H groups in total. The van der Waals surface area contributed by atoms with E-state index in [-0.39, 0.29) is 64.0 Å². The van der Waals surface area contributed by atoms with Gasteiger partial charge in [0.2, 0.25) is 0 Å². The Bertz CT molecular complexity index is 4230. The number of benzene rings is 7. The number of methoxy groups -OCH3 is 6. The number of carbonyl (C=O) groups is 4. The Morgan fingerprint density at radius 1 is 0.479 bits per heavy atom. The Balaban J connectivity index is 0.000000261. The van der Waals surface area contributed by atoms with Crippen molar-refractivity contribution in [2.75, 3.05) is 87.1 Å². The molecule has 2 heterocycles. The summed E-state index contributed by atoms with van der Waals surface area (Å²) in [4.78, 5) is 52.6. The zero-order valence-corrected chi connectivity index (χ0v) is 76.3. The van der Waals surface area contributed by atoms with Crippen molar-refractivity contribution in [3.63, 3.8) is 0 Å². The predicted molar refractivity (Wildman–Crippen MR) is 468 cm³/mol. The molecule has 26 heteroatoms. The maximum atomic E-state index is 13.5. The van der Waals surface area contributed by atoms with Gasteiger partial charge in [0.15, 0.2) is 18.4 Å². The number of hydrogen-bond donors (Lipinski definition) is 0. The van der Waals surface area contributed by atoms with E-state index in [1.165, 1.54) is 7.11 Å². The van der Waals surface area contributed by atoms with E-state index in [0.29, 0.717) is 98.4 Å². The molecule has 6 atom stereocenters. The van der Waals surface area contributed by atoms with E-state index in [1.807, 2.05) is 161 Å². The number of hydrogen-bond acceptors (Lipinski definition) is 22. The van der Waals surface area contributed by atoms with Crippen LogP contribution in [0.25, 0.3) is 6.08 Å². The van der Waals surface area contributed by atoms with E-state index < -0.39 is 64.1 Å². The molecule has 117 heavy (non-hydrogen) atoms. The summed E-state index contributed by atoms with van der Waals surface area (Å²) in [6, 6.07) is 52.1. The third-order valence-corrected chi connectivity index (χ3v) is 24.1. The molecule has 7 aromatic carbocycles. The van der Waals surface area contributed by atoms with E-state index in [2.05, 4.69) is 74.0 Å². The molecule has 0 aliphatic carbocycles. The number of esters is 4. The van der Waals surface area contributed by atoms with Gasteiger partial charge in [-0.15, -0.1) is 0 Å². The van der Waals surface area contributed by atoms with Gasteiger partial charge in [-0.25, -0.2) is 14.4 Å². The summed E-state index contributed by atoms with van der Waals surface area (Å²) in [6.45, 7) is 23.6. The van der Waals surface area contributed by atoms with E-state index in [1.54, 1.807) is 90.1 Å². The normalized spacial score (nSPS) is 16.7. The van der Waals surface area contributed by atoms with E-state index >= 15 is 0 Å².